The lowest BCUT2D eigenvalue weighted by Crippen LogP contribution is -2.45. The van der Waals surface area contributed by atoms with E-state index >= 15 is 0 Å². The summed E-state index contributed by atoms with van der Waals surface area (Å²) in [6.45, 7) is 7.72. The fraction of sp³-hybridized carbons (Fsp3) is 0.625. The molecule has 19 heavy (non-hydrogen) atoms. The van der Waals surface area contributed by atoms with E-state index in [0.29, 0.717) is 6.61 Å². The first-order chi connectivity index (χ1) is 8.97. The largest absolute Gasteiger partial charge is 0.394 e. The maximum atomic E-state index is 9.82. The molecule has 2 N–H and O–H groups in total. The highest BCUT2D eigenvalue weighted by Crippen LogP contribution is 2.36. The van der Waals surface area contributed by atoms with Crippen molar-refractivity contribution in [3.05, 3.63) is 35.4 Å². The molecule has 0 aliphatic heterocycles. The van der Waals surface area contributed by atoms with Crippen molar-refractivity contribution in [3.63, 3.8) is 0 Å². The number of aliphatic hydroxyl groups is 1. The molecule has 2 rings (SSSR count). The van der Waals surface area contributed by atoms with Gasteiger partial charge in [0.25, 0.3) is 0 Å². The van der Waals surface area contributed by atoms with Gasteiger partial charge in [-0.25, -0.2) is 0 Å². The van der Waals surface area contributed by atoms with Crippen LogP contribution >= 0.6 is 0 Å². The highest BCUT2D eigenvalue weighted by Gasteiger charge is 2.37. The first-order valence-electron chi connectivity index (χ1n) is 7.05. The Kier molecular flexibility index (Phi) is 4.29. The third-order valence-corrected chi connectivity index (χ3v) is 3.72. The summed E-state index contributed by atoms with van der Waals surface area (Å²) in [6, 6.07) is 8.38. The van der Waals surface area contributed by atoms with Crippen molar-refractivity contribution in [2.45, 2.75) is 44.8 Å². The molecule has 0 bridgehead atoms. The predicted molar refractivity (Wildman–Crippen MR) is 77.2 cm³/mol. The Labute approximate surface area is 116 Å². The first-order valence-corrected chi connectivity index (χ1v) is 7.05. The number of ether oxygens (including phenoxy) is 1. The average Bonchev–Trinajstić information content (AvgIpc) is 2.74. The molecule has 1 aliphatic rings. The number of rotatable bonds is 5. The van der Waals surface area contributed by atoms with Crippen LogP contribution in [0.5, 0.6) is 0 Å². The normalized spacial score (nSPS) is 22.5. The molecule has 0 spiro atoms. The smallest absolute Gasteiger partial charge is 0.0675 e. The van der Waals surface area contributed by atoms with Crippen LogP contribution < -0.4 is 5.32 Å². The van der Waals surface area contributed by atoms with Crippen LogP contribution in [0.1, 0.15) is 38.3 Å². The minimum absolute atomic E-state index is 0.109. The molecule has 0 fully saturated rings. The molecule has 1 unspecified atom stereocenters. The van der Waals surface area contributed by atoms with Gasteiger partial charge in [0, 0.05) is 6.54 Å². The number of hydrogen-bond donors (Lipinski definition) is 2. The highest BCUT2D eigenvalue weighted by atomic mass is 16.5. The lowest BCUT2D eigenvalue weighted by atomic mass is 9.93. The molecule has 1 aromatic rings. The third kappa shape index (κ3) is 3.35. The molecule has 0 amide bonds. The van der Waals surface area contributed by atoms with Gasteiger partial charge in [0.15, 0.2) is 0 Å². The molecular weight excluding hydrogens is 238 g/mol. The van der Waals surface area contributed by atoms with Crippen LogP contribution in [0.2, 0.25) is 0 Å². The summed E-state index contributed by atoms with van der Waals surface area (Å²) in [7, 11) is 0. The summed E-state index contributed by atoms with van der Waals surface area (Å²) < 4.78 is 5.72. The Hall–Kier alpha value is -0.900. The number of nitrogens with one attached hydrogen (secondary N) is 1. The van der Waals surface area contributed by atoms with Gasteiger partial charge < -0.3 is 15.2 Å². The molecule has 0 saturated heterocycles. The summed E-state index contributed by atoms with van der Waals surface area (Å²) in [5.74, 6) is 0. The van der Waals surface area contributed by atoms with Crippen molar-refractivity contribution >= 4 is 0 Å². The summed E-state index contributed by atoms with van der Waals surface area (Å²) in [6.07, 6.45) is 1.99. The first kappa shape index (κ1) is 14.5. The number of aryl methyl sites for hydroxylation is 1. The van der Waals surface area contributed by atoms with E-state index < -0.39 is 0 Å². The van der Waals surface area contributed by atoms with Crippen molar-refractivity contribution in [1.82, 2.24) is 5.32 Å². The molecule has 1 atom stereocenters. The second kappa shape index (κ2) is 5.61. The zero-order valence-corrected chi connectivity index (χ0v) is 12.2. The van der Waals surface area contributed by atoms with Gasteiger partial charge in [-0.15, -0.1) is 0 Å². The van der Waals surface area contributed by atoms with Crippen molar-refractivity contribution in [2.24, 2.45) is 0 Å². The molecule has 0 saturated carbocycles. The van der Waals surface area contributed by atoms with E-state index in [2.05, 4.69) is 44.3 Å². The van der Waals surface area contributed by atoms with Gasteiger partial charge >= 0.3 is 0 Å². The van der Waals surface area contributed by atoms with E-state index in [1.54, 1.807) is 0 Å². The molecule has 3 nitrogen and oxygen atoms in total. The van der Waals surface area contributed by atoms with Gasteiger partial charge in [-0.3, -0.25) is 0 Å². The molecule has 0 heterocycles. The van der Waals surface area contributed by atoms with Gasteiger partial charge in [-0.05, 0) is 44.7 Å². The molecule has 3 heteroatoms. The average molecular weight is 263 g/mol. The number of hydrogen-bond acceptors (Lipinski definition) is 3. The van der Waals surface area contributed by atoms with Gasteiger partial charge in [-0.1, -0.05) is 24.3 Å². The van der Waals surface area contributed by atoms with E-state index in [-0.39, 0.29) is 17.7 Å². The maximum absolute atomic E-state index is 9.82. The Bertz CT molecular complexity index is 425. The Balaban J connectivity index is 1.98. The molecule has 0 aromatic heterocycles. The SMILES string of the molecule is CC(C)(C)OCCNC1(CO)CCc2ccccc21. The standard InChI is InChI=1S/C16H25NO2/c1-15(2,3)19-11-10-17-16(12-18)9-8-13-6-4-5-7-14(13)16/h4-7,17-18H,8-12H2,1-3H3. The quantitative estimate of drug-likeness (QED) is 0.800. The highest BCUT2D eigenvalue weighted by molar-refractivity contribution is 5.38. The number of aliphatic hydroxyl groups excluding tert-OH is 1. The maximum Gasteiger partial charge on any atom is 0.0675 e. The molecule has 0 radical (unpaired) electrons. The lowest BCUT2D eigenvalue weighted by Gasteiger charge is -2.30. The van der Waals surface area contributed by atoms with Crippen LogP contribution in [0, 0.1) is 0 Å². The molecule has 1 aromatic carbocycles. The van der Waals surface area contributed by atoms with Gasteiger partial charge in [-0.2, -0.15) is 0 Å². The lowest BCUT2D eigenvalue weighted by molar-refractivity contribution is -0.00505. The monoisotopic (exact) mass is 263 g/mol. The van der Waals surface area contributed by atoms with E-state index in [0.717, 1.165) is 19.4 Å². The van der Waals surface area contributed by atoms with E-state index in [1.165, 1.54) is 11.1 Å². The minimum atomic E-state index is -0.280. The van der Waals surface area contributed by atoms with Crippen LogP contribution in [-0.4, -0.2) is 30.5 Å². The van der Waals surface area contributed by atoms with Crippen molar-refractivity contribution in [1.29, 1.82) is 0 Å². The van der Waals surface area contributed by atoms with Crippen LogP contribution in [0.3, 0.4) is 0 Å². The second-order valence-corrected chi connectivity index (χ2v) is 6.28. The fourth-order valence-corrected chi connectivity index (χ4v) is 2.74. The van der Waals surface area contributed by atoms with E-state index in [1.807, 2.05) is 6.07 Å². The zero-order valence-electron chi connectivity index (χ0n) is 12.2. The fourth-order valence-electron chi connectivity index (χ4n) is 2.74. The van der Waals surface area contributed by atoms with E-state index in [4.69, 9.17) is 4.74 Å². The molecule has 106 valence electrons. The Morgan fingerprint density at radius 1 is 1.32 bits per heavy atom. The van der Waals surface area contributed by atoms with Gasteiger partial charge in [0.05, 0.1) is 24.4 Å². The van der Waals surface area contributed by atoms with Crippen molar-refractivity contribution in [2.75, 3.05) is 19.8 Å². The Morgan fingerprint density at radius 3 is 2.74 bits per heavy atom. The minimum Gasteiger partial charge on any atom is -0.394 e. The molecule has 1 aliphatic carbocycles. The Morgan fingerprint density at radius 2 is 2.05 bits per heavy atom. The summed E-state index contributed by atoms with van der Waals surface area (Å²) in [5, 5.41) is 13.3. The van der Waals surface area contributed by atoms with Crippen molar-refractivity contribution < 1.29 is 9.84 Å². The van der Waals surface area contributed by atoms with Crippen LogP contribution in [0.15, 0.2) is 24.3 Å². The summed E-state index contributed by atoms with van der Waals surface area (Å²) in [5.41, 5.74) is 2.20. The van der Waals surface area contributed by atoms with Gasteiger partial charge in [0.2, 0.25) is 0 Å². The van der Waals surface area contributed by atoms with Gasteiger partial charge in [0.1, 0.15) is 0 Å². The van der Waals surface area contributed by atoms with Crippen LogP contribution in [0.4, 0.5) is 0 Å². The van der Waals surface area contributed by atoms with Crippen LogP contribution in [0.25, 0.3) is 0 Å². The second-order valence-electron chi connectivity index (χ2n) is 6.28. The zero-order chi connectivity index (χ0) is 13.9. The summed E-state index contributed by atoms with van der Waals surface area (Å²) >= 11 is 0. The topological polar surface area (TPSA) is 41.5 Å². The van der Waals surface area contributed by atoms with E-state index in [9.17, 15) is 5.11 Å². The summed E-state index contributed by atoms with van der Waals surface area (Å²) in [4.78, 5) is 0. The predicted octanol–water partition coefficient (Wildman–Crippen LogP) is 2.23. The number of benzene rings is 1. The number of fused-ring (bicyclic) bond motifs is 1. The molecular formula is C16H25NO2. The van der Waals surface area contributed by atoms with Crippen LogP contribution in [-0.2, 0) is 16.7 Å². The third-order valence-electron chi connectivity index (χ3n) is 3.72. The van der Waals surface area contributed by atoms with Crippen molar-refractivity contribution in [3.8, 4) is 0 Å².